The van der Waals surface area contributed by atoms with E-state index in [1.54, 1.807) is 41.3 Å². The number of aryl methyl sites for hydroxylation is 2. The Kier molecular flexibility index (Phi) is 6.46. The van der Waals surface area contributed by atoms with Gasteiger partial charge in [0.15, 0.2) is 0 Å². The van der Waals surface area contributed by atoms with Crippen LogP contribution in [0.1, 0.15) is 29.5 Å². The summed E-state index contributed by atoms with van der Waals surface area (Å²) < 4.78 is 28.5. The minimum absolute atomic E-state index is 0.00744. The van der Waals surface area contributed by atoms with E-state index in [1.165, 1.54) is 12.1 Å². The van der Waals surface area contributed by atoms with Crippen LogP contribution in [0, 0.1) is 5.41 Å². The minimum atomic E-state index is -3.78. The summed E-state index contributed by atoms with van der Waals surface area (Å²) in [5.41, 5.74) is 9.12. The maximum absolute atomic E-state index is 13.2. The topological polar surface area (TPSA) is 116 Å². The Labute approximate surface area is 193 Å². The zero-order valence-electron chi connectivity index (χ0n) is 18.1. The van der Waals surface area contributed by atoms with Crippen LogP contribution in [-0.2, 0) is 27.7 Å². The number of nitrogens with zero attached hydrogens (tertiary/aromatic N) is 1. The van der Waals surface area contributed by atoms with Gasteiger partial charge in [-0.1, -0.05) is 54.6 Å². The molecule has 0 spiro atoms. The normalized spacial score (nSPS) is 13.3. The molecule has 0 saturated carbocycles. The highest BCUT2D eigenvalue weighted by molar-refractivity contribution is 7.92. The Bertz CT molecular complexity index is 1270. The molecular formula is C25H26N4O3S. The molecule has 3 aromatic carbocycles. The molecule has 4 rings (SSSR count). The second kappa shape index (κ2) is 9.46. The molecule has 0 aromatic heterocycles. The second-order valence-electron chi connectivity index (χ2n) is 7.99. The number of rotatable bonds is 7. The van der Waals surface area contributed by atoms with Crippen LogP contribution in [0.2, 0.25) is 0 Å². The summed E-state index contributed by atoms with van der Waals surface area (Å²) in [7, 11) is -3.78. The number of para-hydroxylation sites is 1. The summed E-state index contributed by atoms with van der Waals surface area (Å²) in [4.78, 5) is 15.1. The average Bonchev–Trinajstić information content (AvgIpc) is 2.83. The van der Waals surface area contributed by atoms with Crippen molar-refractivity contribution in [2.24, 2.45) is 5.73 Å². The molecule has 1 heterocycles. The summed E-state index contributed by atoms with van der Waals surface area (Å²) in [6.07, 6.45) is 2.44. The van der Waals surface area contributed by atoms with E-state index in [4.69, 9.17) is 11.1 Å². The predicted octanol–water partition coefficient (Wildman–Crippen LogP) is 3.68. The highest BCUT2D eigenvalue weighted by Gasteiger charge is 2.27. The number of amidine groups is 1. The van der Waals surface area contributed by atoms with E-state index < -0.39 is 10.0 Å². The van der Waals surface area contributed by atoms with Gasteiger partial charge in [-0.2, -0.15) is 0 Å². The van der Waals surface area contributed by atoms with Gasteiger partial charge in [-0.25, -0.2) is 8.42 Å². The fourth-order valence-corrected chi connectivity index (χ4v) is 5.11. The van der Waals surface area contributed by atoms with Crippen LogP contribution in [-0.4, -0.2) is 26.7 Å². The summed E-state index contributed by atoms with van der Waals surface area (Å²) in [5.74, 6) is -0.0500. The third-order valence-corrected chi connectivity index (χ3v) is 7.09. The summed E-state index contributed by atoms with van der Waals surface area (Å²) >= 11 is 0. The number of nitrogens with two attached hydrogens (primary N) is 1. The smallest absolute Gasteiger partial charge is 0.261 e. The molecule has 0 unspecified atom stereocenters. The maximum atomic E-state index is 13.2. The Morgan fingerprint density at radius 1 is 1.00 bits per heavy atom. The lowest BCUT2D eigenvalue weighted by Gasteiger charge is -2.32. The number of fused-ring (bicyclic) bond motifs is 1. The molecule has 0 aliphatic carbocycles. The van der Waals surface area contributed by atoms with Crippen molar-refractivity contribution in [3.63, 3.8) is 0 Å². The van der Waals surface area contributed by atoms with Gasteiger partial charge in [-0.3, -0.25) is 14.9 Å². The Morgan fingerprint density at radius 3 is 2.42 bits per heavy atom. The van der Waals surface area contributed by atoms with Crippen LogP contribution >= 0.6 is 0 Å². The number of nitrogen functional groups attached to an aromatic ring is 1. The van der Waals surface area contributed by atoms with Gasteiger partial charge in [0.05, 0.1) is 16.3 Å². The molecule has 3 aromatic rings. The van der Waals surface area contributed by atoms with Crippen molar-refractivity contribution in [1.29, 1.82) is 5.41 Å². The first-order valence-corrected chi connectivity index (χ1v) is 12.3. The molecule has 7 nitrogen and oxygen atoms in total. The second-order valence-corrected chi connectivity index (χ2v) is 9.67. The van der Waals surface area contributed by atoms with Crippen molar-refractivity contribution in [2.75, 3.05) is 16.2 Å². The van der Waals surface area contributed by atoms with Crippen molar-refractivity contribution < 1.29 is 13.2 Å². The van der Waals surface area contributed by atoms with Gasteiger partial charge < -0.3 is 10.6 Å². The molecule has 8 heteroatoms. The largest absolute Gasteiger partial charge is 0.384 e. The van der Waals surface area contributed by atoms with Crippen LogP contribution in [0.5, 0.6) is 0 Å². The summed E-state index contributed by atoms with van der Waals surface area (Å²) in [5, 5.41) is 7.48. The SMILES string of the molecule is N=C(N)c1ccc(CCC(=O)N2CCCc3cccc(NS(=O)(=O)c4ccccc4)c32)cc1. The first kappa shape index (κ1) is 22.5. The van der Waals surface area contributed by atoms with E-state index in [0.717, 1.165) is 24.0 Å². The maximum Gasteiger partial charge on any atom is 0.261 e. The molecule has 1 aliphatic rings. The Balaban J connectivity index is 1.55. The molecule has 33 heavy (non-hydrogen) atoms. The van der Waals surface area contributed by atoms with Gasteiger partial charge in [0.1, 0.15) is 5.84 Å². The van der Waals surface area contributed by atoms with Crippen LogP contribution in [0.4, 0.5) is 11.4 Å². The van der Waals surface area contributed by atoms with Gasteiger partial charge in [0, 0.05) is 18.5 Å². The molecule has 1 amide bonds. The molecule has 170 valence electrons. The summed E-state index contributed by atoms with van der Waals surface area (Å²) in [6.45, 7) is 0.541. The van der Waals surface area contributed by atoms with Crippen LogP contribution in [0.3, 0.4) is 0 Å². The van der Waals surface area contributed by atoms with Crippen LogP contribution in [0.15, 0.2) is 77.7 Å². The first-order chi connectivity index (χ1) is 15.8. The average molecular weight is 463 g/mol. The summed E-state index contributed by atoms with van der Waals surface area (Å²) in [6, 6.07) is 20.9. The van der Waals surface area contributed by atoms with Gasteiger partial charge in [0.25, 0.3) is 10.0 Å². The molecular weight excluding hydrogens is 436 g/mol. The van der Waals surface area contributed by atoms with E-state index in [0.29, 0.717) is 36.3 Å². The lowest BCUT2D eigenvalue weighted by molar-refractivity contribution is -0.118. The predicted molar refractivity (Wildman–Crippen MR) is 130 cm³/mol. The number of hydrogen-bond acceptors (Lipinski definition) is 4. The lowest BCUT2D eigenvalue weighted by Crippen LogP contribution is -2.36. The zero-order chi connectivity index (χ0) is 23.4. The number of sulfonamides is 1. The monoisotopic (exact) mass is 462 g/mol. The van der Waals surface area contributed by atoms with Crippen LogP contribution in [0.25, 0.3) is 0 Å². The quantitative estimate of drug-likeness (QED) is 0.367. The Hall–Kier alpha value is -3.65. The van der Waals surface area contributed by atoms with Crippen molar-refractivity contribution in [3.8, 4) is 0 Å². The Morgan fingerprint density at radius 2 is 1.73 bits per heavy atom. The molecule has 0 radical (unpaired) electrons. The molecule has 0 bridgehead atoms. The number of carbonyl (C=O) groups is 1. The highest BCUT2D eigenvalue weighted by Crippen LogP contribution is 2.36. The number of benzene rings is 3. The first-order valence-electron chi connectivity index (χ1n) is 10.8. The van der Waals surface area contributed by atoms with Gasteiger partial charge in [-0.15, -0.1) is 0 Å². The highest BCUT2D eigenvalue weighted by atomic mass is 32.2. The standard InChI is InChI=1S/C25H26N4O3S/c26-25(27)20-14-11-18(12-15-20)13-16-23(30)29-17-5-7-19-6-4-10-22(24(19)29)28-33(31,32)21-8-2-1-3-9-21/h1-4,6,8-12,14-15,28H,5,7,13,16-17H2,(H3,26,27). The van der Waals surface area contributed by atoms with Crippen molar-refractivity contribution in [2.45, 2.75) is 30.6 Å². The van der Waals surface area contributed by atoms with Gasteiger partial charge in [-0.05, 0) is 48.6 Å². The van der Waals surface area contributed by atoms with E-state index in [1.807, 2.05) is 24.3 Å². The zero-order valence-corrected chi connectivity index (χ0v) is 18.9. The molecule has 0 fully saturated rings. The fourth-order valence-electron chi connectivity index (χ4n) is 4.02. The van der Waals surface area contributed by atoms with E-state index in [2.05, 4.69) is 4.72 Å². The van der Waals surface area contributed by atoms with Crippen LogP contribution < -0.4 is 15.4 Å². The van der Waals surface area contributed by atoms with Gasteiger partial charge >= 0.3 is 0 Å². The minimum Gasteiger partial charge on any atom is -0.384 e. The van der Waals surface area contributed by atoms with Crippen molar-refractivity contribution in [3.05, 3.63) is 89.5 Å². The number of amides is 1. The van der Waals surface area contributed by atoms with Gasteiger partial charge in [0.2, 0.25) is 5.91 Å². The molecule has 0 saturated heterocycles. The van der Waals surface area contributed by atoms with E-state index >= 15 is 0 Å². The molecule has 1 aliphatic heterocycles. The van der Waals surface area contributed by atoms with Crippen molar-refractivity contribution in [1.82, 2.24) is 0 Å². The number of anilines is 2. The fraction of sp³-hybridized carbons (Fsp3) is 0.200. The molecule has 0 atom stereocenters. The third-order valence-electron chi connectivity index (χ3n) is 5.71. The lowest BCUT2D eigenvalue weighted by atomic mass is 9.99. The van der Waals surface area contributed by atoms with Crippen molar-refractivity contribution >= 4 is 33.1 Å². The number of nitrogens with one attached hydrogen (secondary N) is 2. The van der Waals surface area contributed by atoms with E-state index in [-0.39, 0.29) is 16.6 Å². The third kappa shape index (κ3) is 5.06. The number of carbonyl (C=O) groups excluding carboxylic acids is 1. The number of hydrogen-bond donors (Lipinski definition) is 3. The molecule has 4 N–H and O–H groups in total. The van der Waals surface area contributed by atoms with E-state index in [9.17, 15) is 13.2 Å².